The zero-order chi connectivity index (χ0) is 30.4. The standard InChI is InChI=1S/C30H31BrN2O8S/c1-6-38-23-15-21(31)20(14-22(23)37-5)27-26(29(36)40-8-3)17(4)32-30-33(27)28(35)24(42-30)13-18-9-11-19(12-10-18)41-16-25(34)39-7-2/h9-15,27H,6-8,16H2,1-5H3/b24-13+/t27-/m1/s1. The number of carbonyl (C=O) groups excluding carboxylic acids is 2. The fraction of sp³-hybridized carbons (Fsp3) is 0.333. The molecular formula is C30H31BrN2O8S. The van der Waals surface area contributed by atoms with Gasteiger partial charge in [0.1, 0.15) is 5.75 Å². The molecule has 0 radical (unpaired) electrons. The number of carbonyl (C=O) groups is 2. The summed E-state index contributed by atoms with van der Waals surface area (Å²) in [4.78, 5) is 43.8. The number of hydrogen-bond donors (Lipinski definition) is 0. The van der Waals surface area contributed by atoms with E-state index in [2.05, 4.69) is 20.9 Å². The third-order valence-electron chi connectivity index (χ3n) is 6.23. The summed E-state index contributed by atoms with van der Waals surface area (Å²) >= 11 is 4.84. The number of nitrogens with zero attached hydrogens (tertiary/aromatic N) is 2. The number of fused-ring (bicyclic) bond motifs is 1. The predicted molar refractivity (Wildman–Crippen MR) is 161 cm³/mol. The van der Waals surface area contributed by atoms with Crippen LogP contribution in [0.4, 0.5) is 0 Å². The van der Waals surface area contributed by atoms with Gasteiger partial charge in [0.2, 0.25) is 0 Å². The average molecular weight is 660 g/mol. The molecule has 1 atom stereocenters. The van der Waals surface area contributed by atoms with Crippen molar-refractivity contribution in [2.75, 3.05) is 33.5 Å². The van der Waals surface area contributed by atoms with E-state index in [0.717, 1.165) is 5.56 Å². The lowest BCUT2D eigenvalue weighted by Gasteiger charge is -2.26. The summed E-state index contributed by atoms with van der Waals surface area (Å²) in [6.45, 7) is 7.73. The number of rotatable bonds is 11. The molecule has 1 aliphatic heterocycles. The van der Waals surface area contributed by atoms with Crippen molar-refractivity contribution in [3.63, 3.8) is 0 Å². The molecule has 0 saturated heterocycles. The molecule has 10 nitrogen and oxygen atoms in total. The molecule has 0 saturated carbocycles. The highest BCUT2D eigenvalue weighted by Gasteiger charge is 2.35. The highest BCUT2D eigenvalue weighted by atomic mass is 79.9. The van der Waals surface area contributed by atoms with Crippen LogP contribution in [0.1, 0.15) is 44.9 Å². The smallest absolute Gasteiger partial charge is 0.344 e. The predicted octanol–water partition coefficient (Wildman–Crippen LogP) is 3.91. The number of hydrogen-bond acceptors (Lipinski definition) is 10. The number of esters is 2. The van der Waals surface area contributed by atoms with Crippen LogP contribution in [0.2, 0.25) is 0 Å². The van der Waals surface area contributed by atoms with E-state index in [4.69, 9.17) is 23.7 Å². The molecule has 0 unspecified atom stereocenters. The molecule has 2 aromatic carbocycles. The third kappa shape index (κ3) is 6.60. The van der Waals surface area contributed by atoms with Gasteiger partial charge in [0.05, 0.1) is 48.8 Å². The van der Waals surface area contributed by atoms with Crippen molar-refractivity contribution in [1.29, 1.82) is 0 Å². The van der Waals surface area contributed by atoms with Gasteiger partial charge in [-0.1, -0.05) is 39.4 Å². The molecule has 1 aliphatic rings. The SMILES string of the molecule is CCOC(=O)COc1ccc(/C=c2/sc3n(c2=O)[C@H](c2cc(OC)c(OCC)cc2Br)C(C(=O)OCC)=C(C)N=3)cc1. The first-order valence-corrected chi connectivity index (χ1v) is 14.9. The average Bonchev–Trinajstić information content (AvgIpc) is 3.26. The molecule has 0 fully saturated rings. The van der Waals surface area contributed by atoms with Gasteiger partial charge < -0.3 is 23.7 Å². The Balaban J connectivity index is 1.81. The first-order valence-electron chi connectivity index (χ1n) is 13.3. The molecule has 42 heavy (non-hydrogen) atoms. The van der Waals surface area contributed by atoms with Gasteiger partial charge in [-0.2, -0.15) is 0 Å². The molecule has 12 heteroatoms. The molecular weight excluding hydrogens is 628 g/mol. The molecule has 0 bridgehead atoms. The van der Waals surface area contributed by atoms with Crippen LogP contribution >= 0.6 is 27.3 Å². The number of thiazole rings is 1. The van der Waals surface area contributed by atoms with Gasteiger partial charge in [0.25, 0.3) is 5.56 Å². The van der Waals surface area contributed by atoms with Gasteiger partial charge in [-0.25, -0.2) is 14.6 Å². The van der Waals surface area contributed by atoms with E-state index in [1.54, 1.807) is 63.2 Å². The Morgan fingerprint density at radius 3 is 2.38 bits per heavy atom. The molecule has 2 heterocycles. The van der Waals surface area contributed by atoms with Crippen molar-refractivity contribution in [3.05, 3.63) is 83.0 Å². The number of aromatic nitrogens is 1. The second kappa shape index (κ2) is 13.8. The summed E-state index contributed by atoms with van der Waals surface area (Å²) in [5.41, 5.74) is 1.74. The van der Waals surface area contributed by atoms with Crippen molar-refractivity contribution in [2.24, 2.45) is 4.99 Å². The lowest BCUT2D eigenvalue weighted by atomic mass is 9.95. The number of methoxy groups -OCH3 is 1. The molecule has 0 N–H and O–H groups in total. The molecule has 222 valence electrons. The summed E-state index contributed by atoms with van der Waals surface area (Å²) in [5.74, 6) is 0.463. The van der Waals surface area contributed by atoms with E-state index in [1.807, 2.05) is 6.92 Å². The van der Waals surface area contributed by atoms with Crippen molar-refractivity contribution in [2.45, 2.75) is 33.7 Å². The zero-order valence-corrected chi connectivity index (χ0v) is 26.3. The normalized spacial score (nSPS) is 14.6. The molecule has 4 rings (SSSR count). The zero-order valence-electron chi connectivity index (χ0n) is 23.9. The summed E-state index contributed by atoms with van der Waals surface area (Å²) in [7, 11) is 1.53. The summed E-state index contributed by atoms with van der Waals surface area (Å²) in [6.07, 6.45) is 1.74. The van der Waals surface area contributed by atoms with Crippen molar-refractivity contribution < 1.29 is 33.3 Å². The largest absolute Gasteiger partial charge is 0.493 e. The summed E-state index contributed by atoms with van der Waals surface area (Å²) in [6, 6.07) is 9.65. The second-order valence-electron chi connectivity index (χ2n) is 8.92. The first kappa shape index (κ1) is 31.0. The van der Waals surface area contributed by atoms with Crippen LogP contribution in [0, 0.1) is 0 Å². The van der Waals surface area contributed by atoms with Crippen LogP contribution in [-0.2, 0) is 19.1 Å². The van der Waals surface area contributed by atoms with Crippen molar-refractivity contribution in [1.82, 2.24) is 4.57 Å². The van der Waals surface area contributed by atoms with Crippen molar-refractivity contribution >= 4 is 45.3 Å². The summed E-state index contributed by atoms with van der Waals surface area (Å²) in [5, 5.41) is 0. The molecule has 0 amide bonds. The monoisotopic (exact) mass is 658 g/mol. The van der Waals surface area contributed by atoms with E-state index in [-0.39, 0.29) is 31.0 Å². The summed E-state index contributed by atoms with van der Waals surface area (Å²) < 4.78 is 29.6. The Hall–Kier alpha value is -3.90. The van der Waals surface area contributed by atoms with Gasteiger partial charge in [0, 0.05) is 4.47 Å². The number of halogens is 1. The van der Waals surface area contributed by atoms with Gasteiger partial charge in [-0.05, 0) is 69.2 Å². The number of benzene rings is 2. The van der Waals surface area contributed by atoms with Crippen LogP contribution < -0.4 is 29.1 Å². The van der Waals surface area contributed by atoms with Crippen LogP contribution in [0.5, 0.6) is 17.2 Å². The van der Waals surface area contributed by atoms with Gasteiger partial charge in [-0.3, -0.25) is 9.36 Å². The van der Waals surface area contributed by atoms with E-state index < -0.39 is 18.0 Å². The van der Waals surface area contributed by atoms with Crippen molar-refractivity contribution in [3.8, 4) is 17.2 Å². The molecule has 0 aliphatic carbocycles. The van der Waals surface area contributed by atoms with Crippen LogP contribution in [-0.4, -0.2) is 50.0 Å². The minimum Gasteiger partial charge on any atom is -0.493 e. The third-order valence-corrected chi connectivity index (χ3v) is 7.90. The Morgan fingerprint density at radius 2 is 1.74 bits per heavy atom. The number of allylic oxidation sites excluding steroid dienone is 1. The van der Waals surface area contributed by atoms with Crippen LogP contribution in [0.15, 0.2) is 61.9 Å². The van der Waals surface area contributed by atoms with E-state index in [0.29, 0.717) is 48.9 Å². The highest BCUT2D eigenvalue weighted by Crippen LogP contribution is 2.41. The van der Waals surface area contributed by atoms with Crippen LogP contribution in [0.3, 0.4) is 0 Å². The van der Waals surface area contributed by atoms with Gasteiger partial charge >= 0.3 is 11.9 Å². The maximum Gasteiger partial charge on any atom is 0.344 e. The van der Waals surface area contributed by atoms with Gasteiger partial charge in [-0.15, -0.1) is 0 Å². The maximum absolute atomic E-state index is 13.9. The lowest BCUT2D eigenvalue weighted by Crippen LogP contribution is -2.40. The van der Waals surface area contributed by atoms with Crippen LogP contribution in [0.25, 0.3) is 6.08 Å². The maximum atomic E-state index is 13.9. The minimum absolute atomic E-state index is 0.167. The quantitative estimate of drug-likeness (QED) is 0.285. The molecule has 0 spiro atoms. The van der Waals surface area contributed by atoms with E-state index in [9.17, 15) is 14.4 Å². The Labute approximate surface area is 255 Å². The Kier molecular flexibility index (Phi) is 10.2. The Bertz CT molecular complexity index is 1690. The fourth-order valence-electron chi connectivity index (χ4n) is 4.43. The topological polar surface area (TPSA) is 115 Å². The molecule has 1 aromatic heterocycles. The molecule has 3 aromatic rings. The van der Waals surface area contributed by atoms with E-state index in [1.165, 1.54) is 23.0 Å². The lowest BCUT2D eigenvalue weighted by molar-refractivity contribution is -0.145. The fourth-order valence-corrected chi connectivity index (χ4v) is 6.02. The Morgan fingerprint density at radius 1 is 1.02 bits per heavy atom. The van der Waals surface area contributed by atoms with E-state index >= 15 is 0 Å². The van der Waals surface area contributed by atoms with Gasteiger partial charge in [0.15, 0.2) is 22.9 Å². The first-order chi connectivity index (χ1) is 20.2. The minimum atomic E-state index is -0.833. The highest BCUT2D eigenvalue weighted by molar-refractivity contribution is 9.10. The second-order valence-corrected chi connectivity index (χ2v) is 10.8. The number of ether oxygens (including phenoxy) is 5.